The third kappa shape index (κ3) is 3.55. The summed E-state index contributed by atoms with van der Waals surface area (Å²) in [4.78, 5) is 26.3. The number of carboxylic acids is 1. The van der Waals surface area contributed by atoms with Crippen LogP contribution in [-0.4, -0.2) is 55.8 Å². The first-order valence-corrected chi connectivity index (χ1v) is 11.0. The molecule has 28 heavy (non-hydrogen) atoms. The number of thioether (sulfide) groups is 1. The zero-order valence-corrected chi connectivity index (χ0v) is 16.9. The first kappa shape index (κ1) is 19.1. The maximum atomic E-state index is 13.3. The van der Waals surface area contributed by atoms with Crippen LogP contribution in [0.1, 0.15) is 47.1 Å². The van der Waals surface area contributed by atoms with Crippen molar-refractivity contribution in [1.82, 2.24) is 14.7 Å². The Morgan fingerprint density at radius 1 is 1.25 bits per heavy atom. The monoisotopic (exact) mass is 399 g/mol. The van der Waals surface area contributed by atoms with E-state index < -0.39 is 5.97 Å². The Morgan fingerprint density at radius 2 is 2.04 bits per heavy atom. The molecule has 1 fully saturated rings. The number of amides is 1. The maximum absolute atomic E-state index is 13.3. The Balaban J connectivity index is 1.67. The average Bonchev–Trinajstić information content (AvgIpc) is 3.30. The molecule has 1 N–H and O–H groups in total. The minimum atomic E-state index is -0.864. The molecule has 1 aromatic heterocycles. The summed E-state index contributed by atoms with van der Waals surface area (Å²) in [5, 5.41) is 13.9. The minimum Gasteiger partial charge on any atom is -0.481 e. The van der Waals surface area contributed by atoms with E-state index in [4.69, 9.17) is 5.10 Å². The lowest BCUT2D eigenvalue weighted by atomic mass is 10.1. The molecule has 4 rings (SSSR count). The van der Waals surface area contributed by atoms with Gasteiger partial charge in [-0.3, -0.25) is 9.59 Å². The van der Waals surface area contributed by atoms with Crippen molar-refractivity contribution in [2.24, 2.45) is 0 Å². The lowest BCUT2D eigenvalue weighted by Crippen LogP contribution is -2.47. The molecule has 2 heterocycles. The summed E-state index contributed by atoms with van der Waals surface area (Å²) in [6.07, 6.45) is 3.77. The number of rotatable bonds is 5. The summed E-state index contributed by atoms with van der Waals surface area (Å²) in [5.41, 5.74) is 4.91. The predicted octanol–water partition coefficient (Wildman–Crippen LogP) is 2.96. The molecule has 0 radical (unpaired) electrons. The van der Waals surface area contributed by atoms with Gasteiger partial charge in [-0.15, -0.1) is 0 Å². The van der Waals surface area contributed by atoms with E-state index >= 15 is 0 Å². The largest absolute Gasteiger partial charge is 0.481 e. The fourth-order valence-electron chi connectivity index (χ4n) is 4.12. The van der Waals surface area contributed by atoms with Crippen molar-refractivity contribution in [3.05, 3.63) is 46.8 Å². The van der Waals surface area contributed by atoms with Gasteiger partial charge in [0.15, 0.2) is 5.69 Å². The van der Waals surface area contributed by atoms with Crippen LogP contribution in [0.4, 0.5) is 0 Å². The van der Waals surface area contributed by atoms with Crippen molar-refractivity contribution in [1.29, 1.82) is 0 Å². The SMILES string of the molecule is CCc1ccc(-n2nc(C(=O)N3CCSCC3CC(=O)O)c3c2CCC3)cc1. The van der Waals surface area contributed by atoms with E-state index in [1.807, 2.05) is 4.68 Å². The topological polar surface area (TPSA) is 75.4 Å². The smallest absolute Gasteiger partial charge is 0.305 e. The van der Waals surface area contributed by atoms with Crippen molar-refractivity contribution in [3.63, 3.8) is 0 Å². The van der Waals surface area contributed by atoms with Gasteiger partial charge in [0.2, 0.25) is 0 Å². The van der Waals surface area contributed by atoms with Gasteiger partial charge in [-0.25, -0.2) is 4.68 Å². The fraction of sp³-hybridized carbons (Fsp3) is 0.476. The number of hydrogen-bond acceptors (Lipinski definition) is 4. The van der Waals surface area contributed by atoms with Crippen LogP contribution >= 0.6 is 11.8 Å². The number of aryl methyl sites for hydroxylation is 1. The van der Waals surface area contributed by atoms with E-state index in [0.29, 0.717) is 18.0 Å². The van der Waals surface area contributed by atoms with Crippen LogP contribution in [0.5, 0.6) is 0 Å². The fourth-order valence-corrected chi connectivity index (χ4v) is 5.19. The standard InChI is InChI=1S/C21H25N3O3S/c1-2-14-6-8-15(9-7-14)24-18-5-3-4-17(18)20(22-24)21(27)23-10-11-28-13-16(23)12-19(25)26/h6-9,16H,2-5,10-13H2,1H3,(H,25,26). The first-order chi connectivity index (χ1) is 13.6. The van der Waals surface area contributed by atoms with E-state index in [2.05, 4.69) is 31.2 Å². The molecule has 1 aromatic carbocycles. The minimum absolute atomic E-state index is 0.0138. The van der Waals surface area contributed by atoms with Crippen molar-refractivity contribution >= 4 is 23.6 Å². The van der Waals surface area contributed by atoms with E-state index in [0.717, 1.165) is 48.4 Å². The van der Waals surface area contributed by atoms with Crippen LogP contribution in [-0.2, 0) is 24.1 Å². The number of carbonyl (C=O) groups excluding carboxylic acids is 1. The van der Waals surface area contributed by atoms with E-state index in [1.165, 1.54) is 5.56 Å². The number of carbonyl (C=O) groups is 2. The van der Waals surface area contributed by atoms with Gasteiger partial charge >= 0.3 is 5.97 Å². The second kappa shape index (κ2) is 7.99. The van der Waals surface area contributed by atoms with Gasteiger partial charge < -0.3 is 10.0 Å². The molecule has 1 unspecified atom stereocenters. The third-order valence-corrected chi connectivity index (χ3v) is 6.71. The van der Waals surface area contributed by atoms with Crippen LogP contribution in [0.25, 0.3) is 5.69 Å². The van der Waals surface area contributed by atoms with Crippen LogP contribution in [0.15, 0.2) is 24.3 Å². The van der Waals surface area contributed by atoms with Crippen LogP contribution in [0.3, 0.4) is 0 Å². The molecular formula is C21H25N3O3S. The van der Waals surface area contributed by atoms with Gasteiger partial charge in [-0.05, 0) is 43.4 Å². The molecule has 1 atom stereocenters. The van der Waals surface area contributed by atoms with E-state index in [9.17, 15) is 14.7 Å². The number of aromatic nitrogens is 2. The Morgan fingerprint density at radius 3 is 2.75 bits per heavy atom. The molecular weight excluding hydrogens is 374 g/mol. The summed E-state index contributed by atoms with van der Waals surface area (Å²) in [6, 6.07) is 8.05. The number of fused-ring (bicyclic) bond motifs is 1. The molecule has 6 nitrogen and oxygen atoms in total. The number of benzene rings is 1. The molecule has 2 aliphatic rings. The molecule has 2 aromatic rings. The predicted molar refractivity (Wildman–Crippen MR) is 109 cm³/mol. The summed E-state index contributed by atoms with van der Waals surface area (Å²) < 4.78 is 1.92. The van der Waals surface area contributed by atoms with Crippen molar-refractivity contribution in [2.75, 3.05) is 18.1 Å². The second-order valence-corrected chi connectivity index (χ2v) is 8.53. The zero-order chi connectivity index (χ0) is 19.7. The summed E-state index contributed by atoms with van der Waals surface area (Å²) in [5.74, 6) is 0.522. The Hall–Kier alpha value is -2.28. The van der Waals surface area contributed by atoms with Crippen molar-refractivity contribution in [3.8, 4) is 5.69 Å². The molecule has 1 amide bonds. The van der Waals surface area contributed by atoms with Gasteiger partial charge in [0, 0.05) is 29.3 Å². The number of aliphatic carboxylic acids is 1. The van der Waals surface area contributed by atoms with Crippen LogP contribution in [0, 0.1) is 0 Å². The number of carboxylic acid groups (broad SMARTS) is 1. The highest BCUT2D eigenvalue weighted by Crippen LogP contribution is 2.30. The van der Waals surface area contributed by atoms with E-state index in [-0.39, 0.29) is 18.4 Å². The Kier molecular flexibility index (Phi) is 5.44. The summed E-state index contributed by atoms with van der Waals surface area (Å²) >= 11 is 1.71. The highest BCUT2D eigenvalue weighted by molar-refractivity contribution is 7.99. The molecule has 7 heteroatoms. The summed E-state index contributed by atoms with van der Waals surface area (Å²) in [7, 11) is 0. The van der Waals surface area contributed by atoms with Crippen molar-refractivity contribution in [2.45, 2.75) is 45.1 Å². The lowest BCUT2D eigenvalue weighted by molar-refractivity contribution is -0.138. The van der Waals surface area contributed by atoms with Crippen LogP contribution < -0.4 is 0 Å². The number of nitrogens with zero attached hydrogens (tertiary/aromatic N) is 3. The van der Waals surface area contributed by atoms with Gasteiger partial charge in [0.1, 0.15) is 0 Å². The second-order valence-electron chi connectivity index (χ2n) is 7.38. The van der Waals surface area contributed by atoms with Crippen LogP contribution in [0.2, 0.25) is 0 Å². The van der Waals surface area contributed by atoms with Gasteiger partial charge in [-0.1, -0.05) is 19.1 Å². The number of hydrogen-bond donors (Lipinski definition) is 1. The molecule has 0 spiro atoms. The Labute approximate surface area is 168 Å². The normalized spacial score (nSPS) is 18.9. The van der Waals surface area contributed by atoms with Gasteiger partial charge in [-0.2, -0.15) is 16.9 Å². The third-order valence-electron chi connectivity index (χ3n) is 5.62. The van der Waals surface area contributed by atoms with E-state index in [1.54, 1.807) is 16.7 Å². The molecule has 1 aliphatic heterocycles. The molecule has 1 aliphatic carbocycles. The molecule has 0 saturated carbocycles. The lowest BCUT2D eigenvalue weighted by Gasteiger charge is -2.34. The average molecular weight is 400 g/mol. The maximum Gasteiger partial charge on any atom is 0.305 e. The summed E-state index contributed by atoms with van der Waals surface area (Å²) in [6.45, 7) is 2.70. The highest BCUT2D eigenvalue weighted by Gasteiger charge is 2.34. The van der Waals surface area contributed by atoms with Gasteiger partial charge in [0.25, 0.3) is 5.91 Å². The molecule has 0 bridgehead atoms. The van der Waals surface area contributed by atoms with Crippen molar-refractivity contribution < 1.29 is 14.7 Å². The Bertz CT molecular complexity index is 891. The molecule has 148 valence electrons. The molecule has 1 saturated heterocycles. The highest BCUT2D eigenvalue weighted by atomic mass is 32.2. The quantitative estimate of drug-likeness (QED) is 0.837. The first-order valence-electron chi connectivity index (χ1n) is 9.89. The van der Waals surface area contributed by atoms with Gasteiger partial charge in [0.05, 0.1) is 18.2 Å². The zero-order valence-electron chi connectivity index (χ0n) is 16.1.